The summed E-state index contributed by atoms with van der Waals surface area (Å²) in [6, 6.07) is 17.1. The lowest BCUT2D eigenvalue weighted by molar-refractivity contribution is 0.626. The second-order valence-electron chi connectivity index (χ2n) is 8.42. The molecule has 0 radical (unpaired) electrons. The number of rotatable bonds is 3. The molecule has 2 nitrogen and oxygen atoms in total. The van der Waals surface area contributed by atoms with Gasteiger partial charge in [-0.2, -0.15) is 0 Å². The molecule has 0 unspecified atom stereocenters. The van der Waals surface area contributed by atoms with Crippen LogP contribution >= 0.6 is 0 Å². The van der Waals surface area contributed by atoms with Crippen molar-refractivity contribution in [2.75, 3.05) is 0 Å². The molecule has 0 atom stereocenters. The number of hydrogen-bond acceptors (Lipinski definition) is 1. The van der Waals surface area contributed by atoms with E-state index in [4.69, 9.17) is 4.98 Å². The molecular formula is C30H44N2. The molecule has 2 heteroatoms. The highest BCUT2D eigenvalue weighted by molar-refractivity contribution is 5.82. The number of benzene rings is 2. The van der Waals surface area contributed by atoms with E-state index >= 15 is 0 Å². The van der Waals surface area contributed by atoms with Crippen molar-refractivity contribution in [2.45, 2.75) is 74.7 Å². The van der Waals surface area contributed by atoms with Gasteiger partial charge in [-0.1, -0.05) is 115 Å². The van der Waals surface area contributed by atoms with Gasteiger partial charge < -0.3 is 4.57 Å². The van der Waals surface area contributed by atoms with Gasteiger partial charge in [0.2, 0.25) is 0 Å². The third-order valence-electron chi connectivity index (χ3n) is 5.08. The highest BCUT2D eigenvalue weighted by Crippen LogP contribution is 2.33. The van der Waals surface area contributed by atoms with E-state index in [2.05, 4.69) is 114 Å². The van der Waals surface area contributed by atoms with Crippen molar-refractivity contribution in [3.05, 3.63) is 83.3 Å². The molecule has 0 saturated carbocycles. The molecule has 1 aliphatic carbocycles. The van der Waals surface area contributed by atoms with E-state index in [9.17, 15) is 0 Å². The summed E-state index contributed by atoms with van der Waals surface area (Å²) in [5, 5.41) is 0. The summed E-state index contributed by atoms with van der Waals surface area (Å²) in [5.74, 6) is 1.93. The van der Waals surface area contributed by atoms with E-state index in [1.807, 2.05) is 13.8 Å². The van der Waals surface area contributed by atoms with Crippen LogP contribution in [0.1, 0.15) is 83.8 Å². The van der Waals surface area contributed by atoms with E-state index in [-0.39, 0.29) is 0 Å². The summed E-state index contributed by atoms with van der Waals surface area (Å²) in [4.78, 5) is 4.90. The quantitative estimate of drug-likeness (QED) is 0.404. The van der Waals surface area contributed by atoms with E-state index in [1.165, 1.54) is 40.7 Å². The Balaban J connectivity index is 0.000000440. The van der Waals surface area contributed by atoms with E-state index in [1.54, 1.807) is 0 Å². The first-order valence-electron chi connectivity index (χ1n) is 12.3. The molecule has 0 fully saturated rings. The Hall–Kier alpha value is -2.61. The fraction of sp³-hybridized carbons (Fsp3) is 0.433. The van der Waals surface area contributed by atoms with Gasteiger partial charge in [-0.25, -0.2) is 4.98 Å². The van der Waals surface area contributed by atoms with Crippen LogP contribution < -0.4 is 0 Å². The monoisotopic (exact) mass is 432 g/mol. The van der Waals surface area contributed by atoms with E-state index in [0.29, 0.717) is 0 Å². The lowest BCUT2D eigenvalue weighted by Gasteiger charge is -2.05. The highest BCUT2D eigenvalue weighted by atomic mass is 15.0. The van der Waals surface area contributed by atoms with Gasteiger partial charge >= 0.3 is 0 Å². The average Bonchev–Trinajstić information content (AvgIpc) is 3.39. The maximum atomic E-state index is 4.90. The maximum absolute atomic E-state index is 4.90. The topological polar surface area (TPSA) is 17.8 Å². The average molecular weight is 433 g/mol. The molecule has 1 aliphatic rings. The Labute approximate surface area is 197 Å². The summed E-state index contributed by atoms with van der Waals surface area (Å²) in [6.45, 7) is 17.0. The maximum Gasteiger partial charge on any atom is 0.140 e. The predicted molar refractivity (Wildman–Crippen MR) is 143 cm³/mol. The number of aromatic nitrogens is 2. The Morgan fingerprint density at radius 3 is 2.19 bits per heavy atom. The fourth-order valence-electron chi connectivity index (χ4n) is 3.15. The first kappa shape index (κ1) is 27.4. The molecular weight excluding hydrogens is 388 g/mol. The van der Waals surface area contributed by atoms with Crippen LogP contribution in [0.2, 0.25) is 0 Å². The molecule has 0 saturated heterocycles. The van der Waals surface area contributed by atoms with Gasteiger partial charge in [0.05, 0.1) is 5.69 Å². The third-order valence-corrected chi connectivity index (χ3v) is 5.08. The first-order valence-corrected chi connectivity index (χ1v) is 12.3. The molecule has 3 aromatic rings. The minimum Gasteiger partial charge on any atom is -0.333 e. The number of allylic oxidation sites excluding steroid dienone is 1. The van der Waals surface area contributed by atoms with Crippen molar-refractivity contribution >= 4 is 5.57 Å². The van der Waals surface area contributed by atoms with Gasteiger partial charge in [0.25, 0.3) is 0 Å². The summed E-state index contributed by atoms with van der Waals surface area (Å²) < 4.78 is 2.13. The molecule has 2 aromatic carbocycles. The minimum absolute atomic E-state index is 0.884. The summed E-state index contributed by atoms with van der Waals surface area (Å²) in [5.41, 5.74) is 7.41. The molecule has 4 rings (SSSR count). The second kappa shape index (κ2) is 14.5. The molecule has 174 valence electrons. The number of imidazole rings is 1. The zero-order valence-corrected chi connectivity index (χ0v) is 21.9. The second-order valence-corrected chi connectivity index (χ2v) is 8.42. The van der Waals surface area contributed by atoms with Crippen molar-refractivity contribution in [3.63, 3.8) is 0 Å². The van der Waals surface area contributed by atoms with Crippen molar-refractivity contribution in [2.24, 2.45) is 13.0 Å². The van der Waals surface area contributed by atoms with Crippen LogP contribution in [-0.2, 0) is 13.5 Å². The predicted octanol–water partition coefficient (Wildman–Crippen LogP) is 8.88. The van der Waals surface area contributed by atoms with Crippen LogP contribution in [-0.4, -0.2) is 9.55 Å². The molecule has 0 bridgehead atoms. The molecule has 1 aromatic heterocycles. The fourth-order valence-corrected chi connectivity index (χ4v) is 3.15. The lowest BCUT2D eigenvalue weighted by atomic mass is 10.1. The van der Waals surface area contributed by atoms with Crippen LogP contribution in [0.15, 0.2) is 60.8 Å². The zero-order chi connectivity index (χ0) is 24.1. The van der Waals surface area contributed by atoms with Crippen LogP contribution in [0, 0.1) is 12.8 Å². The molecule has 0 spiro atoms. The van der Waals surface area contributed by atoms with Crippen LogP contribution in [0.3, 0.4) is 0 Å². The Bertz CT molecular complexity index is 960. The number of nitrogens with zero attached hydrogens (tertiary/aromatic N) is 2. The SMILES string of the molecule is CC.CCC.CCC(C)C.Cc1cccc(-c2cn(C)c(C3=CCc4ccccc43)n2)c1. The molecule has 32 heavy (non-hydrogen) atoms. The number of hydrogen-bond donors (Lipinski definition) is 0. The van der Waals surface area contributed by atoms with Crippen molar-refractivity contribution in [1.29, 1.82) is 0 Å². The van der Waals surface area contributed by atoms with Gasteiger partial charge in [-0.3, -0.25) is 0 Å². The zero-order valence-electron chi connectivity index (χ0n) is 21.9. The summed E-state index contributed by atoms with van der Waals surface area (Å²) >= 11 is 0. The van der Waals surface area contributed by atoms with Crippen LogP contribution in [0.25, 0.3) is 16.8 Å². The van der Waals surface area contributed by atoms with Gasteiger partial charge in [0.15, 0.2) is 0 Å². The Morgan fingerprint density at radius 2 is 1.59 bits per heavy atom. The number of aryl methyl sites for hydroxylation is 2. The standard InChI is InChI=1S/C20H18N2.C5H12.C3H8.C2H6/c1-14-6-5-8-16(12-14)19-13-22(2)20(21-19)18-11-10-15-7-3-4-9-17(15)18;1-4-5(2)3;1-3-2;1-2/h3-9,11-13H,10H2,1-2H3;5H,4H2,1-3H3;3H2,1-2H3;1-2H3. The van der Waals surface area contributed by atoms with Gasteiger partial charge in [0.1, 0.15) is 5.82 Å². The summed E-state index contributed by atoms with van der Waals surface area (Å²) in [6.07, 6.45) is 7.96. The van der Waals surface area contributed by atoms with Crippen LogP contribution in [0.5, 0.6) is 0 Å². The highest BCUT2D eigenvalue weighted by Gasteiger charge is 2.19. The van der Waals surface area contributed by atoms with Crippen LogP contribution in [0.4, 0.5) is 0 Å². The Morgan fingerprint density at radius 1 is 0.969 bits per heavy atom. The van der Waals surface area contributed by atoms with Gasteiger partial charge in [-0.15, -0.1) is 0 Å². The Kier molecular flexibility index (Phi) is 12.4. The van der Waals surface area contributed by atoms with Crippen molar-refractivity contribution < 1.29 is 0 Å². The first-order chi connectivity index (χ1) is 15.4. The lowest BCUT2D eigenvalue weighted by Crippen LogP contribution is -1.96. The molecule has 0 amide bonds. The number of fused-ring (bicyclic) bond motifs is 1. The van der Waals surface area contributed by atoms with Gasteiger partial charge in [0, 0.05) is 24.4 Å². The largest absolute Gasteiger partial charge is 0.333 e. The van der Waals surface area contributed by atoms with Gasteiger partial charge in [-0.05, 0) is 36.5 Å². The third kappa shape index (κ3) is 7.82. The minimum atomic E-state index is 0.884. The summed E-state index contributed by atoms with van der Waals surface area (Å²) in [7, 11) is 2.07. The molecule has 1 heterocycles. The normalized spacial score (nSPS) is 11.2. The molecule has 0 aliphatic heterocycles. The van der Waals surface area contributed by atoms with E-state index < -0.39 is 0 Å². The van der Waals surface area contributed by atoms with E-state index in [0.717, 1.165) is 23.9 Å². The smallest absolute Gasteiger partial charge is 0.140 e. The van der Waals surface area contributed by atoms with Crippen molar-refractivity contribution in [3.8, 4) is 11.3 Å². The molecule has 0 N–H and O–H groups in total. The van der Waals surface area contributed by atoms with Crippen molar-refractivity contribution in [1.82, 2.24) is 9.55 Å².